The normalized spacial score (nSPS) is 32.7. The summed E-state index contributed by atoms with van der Waals surface area (Å²) in [6, 6.07) is 3.28. The van der Waals surface area contributed by atoms with Crippen LogP contribution in [0.4, 0.5) is 0 Å². The quantitative estimate of drug-likeness (QED) is 0.417. The van der Waals surface area contributed by atoms with Gasteiger partial charge in [-0.25, -0.2) is 0 Å². The van der Waals surface area contributed by atoms with E-state index in [0.717, 1.165) is 28.1 Å². The Bertz CT molecular complexity index is 458. The summed E-state index contributed by atoms with van der Waals surface area (Å²) in [4.78, 5) is 0. The molecule has 0 bridgehead atoms. The predicted octanol–water partition coefficient (Wildman–Crippen LogP) is 4.00. The van der Waals surface area contributed by atoms with Crippen molar-refractivity contribution in [2.24, 2.45) is 0 Å². The van der Waals surface area contributed by atoms with Crippen LogP contribution in [-0.4, -0.2) is 56.8 Å². The predicted molar refractivity (Wildman–Crippen MR) is 109 cm³/mol. The third-order valence-electron chi connectivity index (χ3n) is 5.41. The van der Waals surface area contributed by atoms with Crippen LogP contribution in [-0.2, 0) is 18.6 Å². The van der Waals surface area contributed by atoms with E-state index in [0.29, 0.717) is 6.61 Å². The first-order valence-electron chi connectivity index (χ1n) is 9.40. The van der Waals surface area contributed by atoms with Gasteiger partial charge in [0.1, 0.15) is 18.3 Å². The van der Waals surface area contributed by atoms with Gasteiger partial charge in [-0.2, -0.15) is 0 Å². The molecule has 2 fully saturated rings. The zero-order valence-electron chi connectivity index (χ0n) is 16.1. The van der Waals surface area contributed by atoms with Crippen molar-refractivity contribution >= 4 is 30.9 Å². The fourth-order valence-electron chi connectivity index (χ4n) is 3.78. The number of rotatable bonds is 8. The van der Waals surface area contributed by atoms with E-state index in [1.807, 2.05) is 19.9 Å². The fourth-order valence-corrected chi connectivity index (χ4v) is 7.27. The average Bonchev–Trinajstić information content (AvgIpc) is 2.89. The first kappa shape index (κ1) is 21.8. The van der Waals surface area contributed by atoms with Gasteiger partial charge in [-0.05, 0) is 64.2 Å². The van der Waals surface area contributed by atoms with Crippen LogP contribution in [0.25, 0.3) is 0 Å². The van der Waals surface area contributed by atoms with E-state index in [1.165, 1.54) is 0 Å². The summed E-state index contributed by atoms with van der Waals surface area (Å²) >= 11 is 2.27. The molecule has 0 saturated carbocycles. The largest absolute Gasteiger partial charge is 0.409 e. The maximum Gasteiger partial charge on any atom is 0.192 e. The molecule has 0 spiro atoms. The molecule has 0 amide bonds. The van der Waals surface area contributed by atoms with Crippen molar-refractivity contribution in [3.8, 4) is 0 Å². The zero-order valence-corrected chi connectivity index (χ0v) is 19.2. The van der Waals surface area contributed by atoms with E-state index in [4.69, 9.17) is 23.7 Å². The molecule has 2 saturated heterocycles. The number of fused-ring (bicyclic) bond motifs is 1. The maximum absolute atomic E-state index is 9.16. The van der Waals surface area contributed by atoms with Gasteiger partial charge in [0.05, 0.1) is 19.3 Å². The van der Waals surface area contributed by atoms with E-state index < -0.39 is 14.1 Å². The van der Waals surface area contributed by atoms with Gasteiger partial charge in [0, 0.05) is 6.42 Å². The number of hydrogen-bond donors (Lipinski definition) is 1. The minimum absolute atomic E-state index is 0.0484. The third kappa shape index (κ3) is 5.27. The van der Waals surface area contributed by atoms with Gasteiger partial charge in [-0.1, -0.05) is 20.8 Å². The summed E-state index contributed by atoms with van der Waals surface area (Å²) in [6.45, 7) is 11.2. The molecular weight excluding hydrogens is 451 g/mol. The second-order valence-corrected chi connectivity index (χ2v) is 13.5. The van der Waals surface area contributed by atoms with Gasteiger partial charge >= 0.3 is 0 Å². The van der Waals surface area contributed by atoms with E-state index in [2.05, 4.69) is 43.4 Å². The lowest BCUT2D eigenvalue weighted by atomic mass is 9.98. The fraction of sp³-hybridized carbons (Fsp3) is 0.889. The van der Waals surface area contributed by atoms with Crippen LogP contribution in [0.3, 0.4) is 0 Å². The minimum atomic E-state index is -1.81. The van der Waals surface area contributed by atoms with Gasteiger partial charge < -0.3 is 23.7 Å². The topological polar surface area (TPSA) is 57.2 Å². The SMILES string of the molecule is CC[Si](CC)(CC)O[C@@H]1[C@@H]2OC(C)(C)O[C@@H]2CO[C@@H]1C/C(I)=C/CO. The highest BCUT2D eigenvalue weighted by atomic mass is 127. The monoisotopic (exact) mass is 484 g/mol. The molecule has 0 unspecified atom stereocenters. The first-order valence-corrected chi connectivity index (χ1v) is 13.0. The summed E-state index contributed by atoms with van der Waals surface area (Å²) < 4.78 is 26.4. The molecule has 7 heteroatoms. The van der Waals surface area contributed by atoms with E-state index in [1.54, 1.807) is 0 Å². The smallest absolute Gasteiger partial charge is 0.192 e. The van der Waals surface area contributed by atoms with Crippen molar-refractivity contribution in [3.05, 3.63) is 9.66 Å². The lowest BCUT2D eigenvalue weighted by molar-refractivity contribution is -0.156. The summed E-state index contributed by atoms with van der Waals surface area (Å²) in [5, 5.41) is 9.16. The molecule has 2 rings (SSSR count). The van der Waals surface area contributed by atoms with Crippen molar-refractivity contribution in [2.45, 2.75) is 89.4 Å². The van der Waals surface area contributed by atoms with Gasteiger partial charge in [0.2, 0.25) is 0 Å². The summed E-state index contributed by atoms with van der Waals surface area (Å²) in [5.41, 5.74) is 0. The number of halogens is 1. The van der Waals surface area contributed by atoms with E-state index in [9.17, 15) is 0 Å². The number of aliphatic hydroxyl groups is 1. The van der Waals surface area contributed by atoms with Crippen LogP contribution >= 0.6 is 22.6 Å². The Balaban J connectivity index is 2.25. The molecule has 2 aliphatic heterocycles. The van der Waals surface area contributed by atoms with Crippen LogP contribution < -0.4 is 0 Å². The molecule has 2 heterocycles. The number of ether oxygens (including phenoxy) is 3. The average molecular weight is 484 g/mol. The summed E-state index contributed by atoms with van der Waals surface area (Å²) in [6.07, 6.45) is 2.21. The highest BCUT2D eigenvalue weighted by molar-refractivity contribution is 14.1. The Hall–Kier alpha value is 0.487. The third-order valence-corrected chi connectivity index (χ3v) is 10.9. The number of aliphatic hydroxyl groups excluding tert-OH is 1. The minimum Gasteiger partial charge on any atom is -0.409 e. The van der Waals surface area contributed by atoms with Gasteiger partial charge in [-0.15, -0.1) is 0 Å². The van der Waals surface area contributed by atoms with Crippen molar-refractivity contribution in [3.63, 3.8) is 0 Å². The molecule has 0 aromatic carbocycles. The summed E-state index contributed by atoms with van der Waals surface area (Å²) in [5.74, 6) is -0.599. The van der Waals surface area contributed by atoms with Crippen molar-refractivity contribution in [2.75, 3.05) is 13.2 Å². The first-order chi connectivity index (χ1) is 11.8. The zero-order chi connectivity index (χ0) is 18.7. The van der Waals surface area contributed by atoms with Crippen LogP contribution in [0.2, 0.25) is 18.1 Å². The van der Waals surface area contributed by atoms with Crippen LogP contribution in [0, 0.1) is 0 Å². The Kier molecular flexibility index (Phi) is 7.95. The highest BCUT2D eigenvalue weighted by Gasteiger charge is 2.53. The second-order valence-electron chi connectivity index (χ2n) is 7.37. The highest BCUT2D eigenvalue weighted by Crippen LogP contribution is 2.39. The molecule has 0 aromatic heterocycles. The molecule has 0 radical (unpaired) electrons. The Labute approximate surface area is 166 Å². The second kappa shape index (κ2) is 9.12. The Morgan fingerprint density at radius 1 is 1.24 bits per heavy atom. The standard InChI is InChI=1S/C18H33IO5Si/c1-6-25(7-2,8-3)24-17-14(11-13(19)9-10-20)21-12-15-16(17)23-18(4,5)22-15/h9,14-17,20H,6-8,10-12H2,1-5H3/b13-9-/t14-,15-,16-,17+/m1/s1. The Morgan fingerprint density at radius 2 is 1.88 bits per heavy atom. The van der Waals surface area contributed by atoms with Gasteiger partial charge in [0.25, 0.3) is 0 Å². The lowest BCUT2D eigenvalue weighted by Gasteiger charge is -2.43. The molecule has 1 N–H and O–H groups in total. The maximum atomic E-state index is 9.16. The van der Waals surface area contributed by atoms with Crippen LogP contribution in [0.15, 0.2) is 9.66 Å². The van der Waals surface area contributed by atoms with Crippen LogP contribution in [0.1, 0.15) is 41.0 Å². The summed E-state index contributed by atoms with van der Waals surface area (Å²) in [7, 11) is -1.81. The Morgan fingerprint density at radius 3 is 2.44 bits per heavy atom. The molecule has 2 aliphatic rings. The van der Waals surface area contributed by atoms with E-state index in [-0.39, 0.29) is 31.0 Å². The van der Waals surface area contributed by atoms with Gasteiger partial charge in [-0.3, -0.25) is 0 Å². The lowest BCUT2D eigenvalue weighted by Crippen LogP contribution is -2.57. The van der Waals surface area contributed by atoms with E-state index >= 15 is 0 Å². The van der Waals surface area contributed by atoms with Crippen molar-refractivity contribution < 1.29 is 23.7 Å². The molecule has 0 aliphatic carbocycles. The van der Waals surface area contributed by atoms with Gasteiger partial charge in [0.15, 0.2) is 14.1 Å². The molecule has 5 nitrogen and oxygen atoms in total. The molecule has 146 valence electrons. The molecule has 0 aromatic rings. The molecule has 25 heavy (non-hydrogen) atoms. The van der Waals surface area contributed by atoms with Crippen LogP contribution in [0.5, 0.6) is 0 Å². The molecular formula is C18H33IO5Si. The van der Waals surface area contributed by atoms with Crippen molar-refractivity contribution in [1.29, 1.82) is 0 Å². The number of hydrogen-bond acceptors (Lipinski definition) is 5. The van der Waals surface area contributed by atoms with Crippen molar-refractivity contribution in [1.82, 2.24) is 0 Å². The molecule has 4 atom stereocenters.